The van der Waals surface area contributed by atoms with Crippen molar-refractivity contribution in [3.05, 3.63) is 56.2 Å². The normalized spacial score (nSPS) is 10.8. The molecule has 0 heterocycles. The Bertz CT molecular complexity index is 758. The minimum absolute atomic E-state index is 0.0778. The van der Waals surface area contributed by atoms with E-state index in [-0.39, 0.29) is 24.9 Å². The van der Waals surface area contributed by atoms with Gasteiger partial charge in [0.1, 0.15) is 18.2 Å². The Morgan fingerprint density at radius 2 is 1.80 bits per heavy atom. The van der Waals surface area contributed by atoms with Crippen molar-refractivity contribution in [2.45, 2.75) is 32.9 Å². The van der Waals surface area contributed by atoms with Crippen LogP contribution in [-0.2, 0) is 17.8 Å². The molecule has 0 saturated carbocycles. The van der Waals surface area contributed by atoms with Crippen molar-refractivity contribution in [1.29, 1.82) is 0 Å². The third-order valence-corrected chi connectivity index (χ3v) is 4.39. The molecule has 0 fully saturated rings. The van der Waals surface area contributed by atoms with Gasteiger partial charge in [-0.15, -0.1) is 0 Å². The lowest BCUT2D eigenvalue weighted by atomic mass is 10.1. The van der Waals surface area contributed by atoms with E-state index in [1.54, 1.807) is 12.1 Å². The van der Waals surface area contributed by atoms with Gasteiger partial charge in [0.2, 0.25) is 0 Å². The van der Waals surface area contributed by atoms with Crippen LogP contribution in [0.5, 0.6) is 5.75 Å². The highest BCUT2D eigenvalue weighted by Gasteiger charge is 2.12. The zero-order valence-electron chi connectivity index (χ0n) is 13.8. The number of rotatable bonds is 7. The van der Waals surface area contributed by atoms with Gasteiger partial charge in [0.25, 0.3) is 0 Å². The summed E-state index contributed by atoms with van der Waals surface area (Å²) in [6.45, 7) is 4.14. The fourth-order valence-electron chi connectivity index (χ4n) is 2.33. The Hall–Kier alpha value is -1.60. The van der Waals surface area contributed by atoms with Gasteiger partial charge in [0, 0.05) is 11.7 Å². The molecule has 2 aromatic carbocycles. The number of halogens is 3. The van der Waals surface area contributed by atoms with Crippen molar-refractivity contribution >= 4 is 43.5 Å². The summed E-state index contributed by atoms with van der Waals surface area (Å²) >= 11 is 6.78. The van der Waals surface area contributed by atoms with Gasteiger partial charge in [-0.05, 0) is 87.2 Å². The van der Waals surface area contributed by atoms with Crippen LogP contribution in [0.15, 0.2) is 39.3 Å². The van der Waals surface area contributed by atoms with Crippen LogP contribution in [0.1, 0.15) is 25.0 Å². The lowest BCUT2D eigenvalue weighted by Gasteiger charge is -2.14. The third-order valence-electron chi connectivity index (χ3n) is 3.21. The van der Waals surface area contributed by atoms with Crippen molar-refractivity contribution in [2.75, 3.05) is 5.32 Å². The predicted molar refractivity (Wildman–Crippen MR) is 103 cm³/mol. The Kier molecular flexibility index (Phi) is 6.84. The maximum absolute atomic E-state index is 13.8. The quantitative estimate of drug-likeness (QED) is 0.565. The van der Waals surface area contributed by atoms with E-state index in [2.05, 4.69) is 37.2 Å². The van der Waals surface area contributed by atoms with Gasteiger partial charge in [0.15, 0.2) is 0 Å². The van der Waals surface area contributed by atoms with Crippen LogP contribution in [0, 0.1) is 5.82 Å². The average molecular weight is 475 g/mol. The monoisotopic (exact) mass is 473 g/mol. The van der Waals surface area contributed by atoms with Gasteiger partial charge in [-0.1, -0.05) is 0 Å². The van der Waals surface area contributed by atoms with Crippen molar-refractivity contribution < 1.29 is 19.0 Å². The molecule has 7 heteroatoms. The first-order chi connectivity index (χ1) is 11.7. The standard InChI is InChI=1S/C18H18Br2FNO3/c1-10(2)22-14-4-12(3-13(21)8-14)9-25-18-15(19)5-11(6-16(18)20)7-17(23)24/h3-6,8,10,22H,7,9H2,1-2H3,(H,23,24). The zero-order valence-corrected chi connectivity index (χ0v) is 16.9. The van der Waals surface area contributed by atoms with Crippen LogP contribution in [0.4, 0.5) is 10.1 Å². The van der Waals surface area contributed by atoms with Gasteiger partial charge in [0.05, 0.1) is 15.4 Å². The molecule has 0 aliphatic heterocycles. The maximum atomic E-state index is 13.8. The van der Waals surface area contributed by atoms with E-state index < -0.39 is 5.97 Å². The number of carboxylic acids is 1. The van der Waals surface area contributed by atoms with E-state index in [0.717, 1.165) is 0 Å². The number of hydrogen-bond donors (Lipinski definition) is 2. The summed E-state index contributed by atoms with van der Waals surface area (Å²) in [7, 11) is 0. The van der Waals surface area contributed by atoms with E-state index in [0.29, 0.717) is 31.5 Å². The molecular weight excluding hydrogens is 457 g/mol. The molecule has 134 valence electrons. The molecule has 0 aliphatic carbocycles. The van der Waals surface area contributed by atoms with E-state index in [9.17, 15) is 9.18 Å². The molecule has 0 radical (unpaired) electrons. The predicted octanol–water partition coefficient (Wildman–Crippen LogP) is 5.38. The van der Waals surface area contributed by atoms with Crippen LogP contribution in [0.2, 0.25) is 0 Å². The number of carboxylic acid groups (broad SMARTS) is 1. The number of aliphatic carboxylic acids is 1. The average Bonchev–Trinajstić information content (AvgIpc) is 2.44. The highest BCUT2D eigenvalue weighted by atomic mass is 79.9. The Labute approximate surface area is 162 Å². The first-order valence-electron chi connectivity index (χ1n) is 7.63. The molecule has 0 saturated heterocycles. The van der Waals surface area contributed by atoms with Crippen LogP contribution < -0.4 is 10.1 Å². The molecule has 25 heavy (non-hydrogen) atoms. The number of carbonyl (C=O) groups is 1. The number of anilines is 1. The summed E-state index contributed by atoms with van der Waals surface area (Å²) in [6.07, 6.45) is -0.0778. The molecule has 2 aromatic rings. The number of nitrogens with one attached hydrogen (secondary N) is 1. The maximum Gasteiger partial charge on any atom is 0.307 e. The summed E-state index contributed by atoms with van der Waals surface area (Å²) < 4.78 is 20.8. The summed E-state index contributed by atoms with van der Waals surface area (Å²) in [4.78, 5) is 10.8. The molecule has 0 atom stereocenters. The van der Waals surface area contributed by atoms with Gasteiger partial charge >= 0.3 is 5.97 Å². The lowest BCUT2D eigenvalue weighted by Crippen LogP contribution is -2.10. The van der Waals surface area contributed by atoms with E-state index >= 15 is 0 Å². The van der Waals surface area contributed by atoms with Crippen molar-refractivity contribution in [3.8, 4) is 5.75 Å². The molecule has 0 bridgehead atoms. The molecule has 0 aliphatic rings. The fourth-order valence-corrected chi connectivity index (χ4v) is 3.84. The first kappa shape index (κ1) is 19.7. The molecule has 0 unspecified atom stereocenters. The van der Waals surface area contributed by atoms with E-state index in [4.69, 9.17) is 9.84 Å². The van der Waals surface area contributed by atoms with Gasteiger partial charge in [-0.2, -0.15) is 0 Å². The van der Waals surface area contributed by atoms with Gasteiger partial charge < -0.3 is 15.2 Å². The summed E-state index contributed by atoms with van der Waals surface area (Å²) in [5.74, 6) is -0.701. The highest BCUT2D eigenvalue weighted by Crippen LogP contribution is 2.35. The molecule has 2 rings (SSSR count). The van der Waals surface area contributed by atoms with Crippen LogP contribution in [-0.4, -0.2) is 17.1 Å². The third kappa shape index (κ3) is 6.01. The molecule has 4 nitrogen and oxygen atoms in total. The SMILES string of the molecule is CC(C)Nc1cc(F)cc(COc2c(Br)cc(CC(=O)O)cc2Br)c1. The van der Waals surface area contributed by atoms with E-state index in [1.807, 2.05) is 19.9 Å². The molecule has 2 N–H and O–H groups in total. The minimum Gasteiger partial charge on any atom is -0.487 e. The topological polar surface area (TPSA) is 58.6 Å². The summed E-state index contributed by atoms with van der Waals surface area (Å²) in [5.41, 5.74) is 2.04. The highest BCUT2D eigenvalue weighted by molar-refractivity contribution is 9.11. The summed E-state index contributed by atoms with van der Waals surface area (Å²) in [6, 6.07) is 8.30. The molecule has 0 spiro atoms. The van der Waals surface area contributed by atoms with Gasteiger partial charge in [-0.25, -0.2) is 4.39 Å². The van der Waals surface area contributed by atoms with Crippen molar-refractivity contribution in [3.63, 3.8) is 0 Å². The Morgan fingerprint density at radius 3 is 2.36 bits per heavy atom. The Morgan fingerprint density at radius 1 is 1.16 bits per heavy atom. The fraction of sp³-hybridized carbons (Fsp3) is 0.278. The lowest BCUT2D eigenvalue weighted by molar-refractivity contribution is -0.136. The largest absolute Gasteiger partial charge is 0.487 e. The second-order valence-corrected chi connectivity index (χ2v) is 7.60. The van der Waals surface area contributed by atoms with Crippen LogP contribution >= 0.6 is 31.9 Å². The van der Waals surface area contributed by atoms with Gasteiger partial charge in [-0.3, -0.25) is 4.79 Å². The van der Waals surface area contributed by atoms with Crippen molar-refractivity contribution in [1.82, 2.24) is 0 Å². The first-order valence-corrected chi connectivity index (χ1v) is 9.21. The molecule has 0 amide bonds. The van der Waals surface area contributed by atoms with Crippen LogP contribution in [0.3, 0.4) is 0 Å². The smallest absolute Gasteiger partial charge is 0.307 e. The number of hydrogen-bond acceptors (Lipinski definition) is 3. The number of ether oxygens (including phenoxy) is 1. The molecule has 0 aromatic heterocycles. The summed E-state index contributed by atoms with van der Waals surface area (Å²) in [5, 5.41) is 12.0. The molecular formula is C18H18Br2FNO3. The van der Waals surface area contributed by atoms with Crippen molar-refractivity contribution in [2.24, 2.45) is 0 Å². The second kappa shape index (κ2) is 8.67. The van der Waals surface area contributed by atoms with Crippen LogP contribution in [0.25, 0.3) is 0 Å². The Balaban J connectivity index is 2.16. The number of benzene rings is 2. The van der Waals surface area contributed by atoms with E-state index in [1.165, 1.54) is 12.1 Å². The minimum atomic E-state index is -0.905. The zero-order chi connectivity index (χ0) is 18.6. The second-order valence-electron chi connectivity index (χ2n) is 5.89.